The second-order valence-corrected chi connectivity index (χ2v) is 4.01. The van der Waals surface area contributed by atoms with Crippen LogP contribution in [0.1, 0.15) is 16.6 Å². The summed E-state index contributed by atoms with van der Waals surface area (Å²) >= 11 is 0. The van der Waals surface area contributed by atoms with Crippen molar-refractivity contribution in [3.05, 3.63) is 29.6 Å². The minimum absolute atomic E-state index is 0. The predicted octanol–water partition coefficient (Wildman–Crippen LogP) is -3.07. The van der Waals surface area contributed by atoms with E-state index in [4.69, 9.17) is 5.11 Å². The van der Waals surface area contributed by atoms with Crippen LogP contribution in [0.4, 0.5) is 0 Å². The van der Waals surface area contributed by atoms with Crippen molar-refractivity contribution in [1.82, 2.24) is 4.98 Å². The first-order valence-electron chi connectivity index (χ1n) is 3.46. The van der Waals surface area contributed by atoms with Gasteiger partial charge in [0.05, 0.1) is 0 Å². The molecule has 1 heterocycles. The van der Waals surface area contributed by atoms with Crippen LogP contribution in [-0.2, 0) is 10.1 Å². The number of nitrogens with zero attached hydrogens (tertiary/aromatic N) is 1. The van der Waals surface area contributed by atoms with Crippen molar-refractivity contribution in [2.45, 2.75) is 12.4 Å². The van der Waals surface area contributed by atoms with Crippen molar-refractivity contribution >= 4 is 10.1 Å². The van der Waals surface area contributed by atoms with E-state index in [1.165, 1.54) is 12.3 Å². The molecule has 1 aromatic heterocycles. The van der Waals surface area contributed by atoms with E-state index in [0.717, 1.165) is 6.20 Å². The van der Waals surface area contributed by atoms with Gasteiger partial charge in [-0.25, -0.2) is 8.42 Å². The van der Waals surface area contributed by atoms with Gasteiger partial charge in [-0.3, -0.25) is 4.98 Å². The maximum absolute atomic E-state index is 10.5. The van der Waals surface area contributed by atoms with Gasteiger partial charge < -0.3 is 9.66 Å². The van der Waals surface area contributed by atoms with Gasteiger partial charge >= 0.3 is 29.6 Å². The summed E-state index contributed by atoms with van der Waals surface area (Å²) in [6, 6.07) is 1.52. The van der Waals surface area contributed by atoms with E-state index in [0.29, 0.717) is 5.56 Å². The van der Waals surface area contributed by atoms with Crippen LogP contribution in [0.2, 0.25) is 0 Å². The van der Waals surface area contributed by atoms with Crippen LogP contribution in [0.3, 0.4) is 0 Å². The fraction of sp³-hybridized carbons (Fsp3) is 0.286. The number of hydrogen-bond acceptors (Lipinski definition) is 5. The third kappa shape index (κ3) is 3.30. The minimum atomic E-state index is -4.71. The summed E-state index contributed by atoms with van der Waals surface area (Å²) in [5.41, 5.74) is -1.49. The molecule has 72 valence electrons. The normalized spacial score (nSPS) is 13.1. The molecule has 0 fully saturated rings. The third-order valence-corrected chi connectivity index (χ3v) is 2.42. The molecule has 0 radical (unpaired) electrons. The Morgan fingerprint density at radius 2 is 2.14 bits per heavy atom. The largest absolute Gasteiger partial charge is 1.00 e. The monoisotopic (exact) mass is 225 g/mol. The Kier molecular flexibility index (Phi) is 5.21. The Bertz CT molecular complexity index is 406. The minimum Gasteiger partial charge on any atom is -0.746 e. The molecular formula is C7H8NNaO4S. The molecule has 0 saturated carbocycles. The number of hydrogen-bond donors (Lipinski definition) is 1. The van der Waals surface area contributed by atoms with Crippen LogP contribution in [0.5, 0.6) is 0 Å². The summed E-state index contributed by atoms with van der Waals surface area (Å²) in [7, 11) is -4.71. The maximum Gasteiger partial charge on any atom is 1.00 e. The van der Waals surface area contributed by atoms with Crippen LogP contribution < -0.4 is 29.6 Å². The fourth-order valence-corrected chi connectivity index (χ4v) is 1.45. The van der Waals surface area contributed by atoms with Crippen molar-refractivity contribution < 1.29 is 47.6 Å². The first-order valence-corrected chi connectivity index (χ1v) is 4.93. The molecule has 1 rings (SSSR count). The van der Waals surface area contributed by atoms with Crippen LogP contribution in [0.15, 0.2) is 18.5 Å². The number of aliphatic hydroxyl groups is 1. The van der Waals surface area contributed by atoms with Crippen molar-refractivity contribution in [2.24, 2.45) is 0 Å². The maximum atomic E-state index is 10.5. The van der Waals surface area contributed by atoms with E-state index in [1.807, 2.05) is 0 Å². The first-order chi connectivity index (χ1) is 5.93. The van der Waals surface area contributed by atoms with Crippen LogP contribution in [-0.4, -0.2) is 23.1 Å². The van der Waals surface area contributed by atoms with Gasteiger partial charge in [0.25, 0.3) is 0 Å². The molecule has 5 nitrogen and oxygen atoms in total. The molecule has 0 aromatic carbocycles. The Labute approximate surface area is 104 Å². The average molecular weight is 225 g/mol. The summed E-state index contributed by atoms with van der Waals surface area (Å²) in [5.74, 6) is 0. The zero-order valence-electron chi connectivity index (χ0n) is 7.84. The Hall–Kier alpha value is 0.0200. The zero-order chi connectivity index (χ0) is 10.1. The molecule has 0 amide bonds. The molecule has 1 N–H and O–H groups in total. The molecule has 7 heteroatoms. The summed E-state index contributed by atoms with van der Waals surface area (Å²) in [6.45, 7) is 1.59. The molecule has 0 aliphatic heterocycles. The van der Waals surface area contributed by atoms with Crippen molar-refractivity contribution in [3.63, 3.8) is 0 Å². The van der Waals surface area contributed by atoms with Crippen LogP contribution in [0, 0.1) is 6.92 Å². The summed E-state index contributed by atoms with van der Waals surface area (Å²) in [5, 5.41) is 9.10. The van der Waals surface area contributed by atoms with Crippen molar-refractivity contribution in [3.8, 4) is 0 Å². The summed E-state index contributed by atoms with van der Waals surface area (Å²) < 4.78 is 31.4. The van der Waals surface area contributed by atoms with Crippen LogP contribution >= 0.6 is 0 Å². The molecule has 14 heavy (non-hydrogen) atoms. The van der Waals surface area contributed by atoms with E-state index < -0.39 is 15.6 Å². The number of aromatic nitrogens is 1. The number of rotatable bonds is 2. The van der Waals surface area contributed by atoms with Gasteiger partial charge in [-0.2, -0.15) is 0 Å². The van der Waals surface area contributed by atoms with Gasteiger partial charge in [-0.1, -0.05) is 0 Å². The van der Waals surface area contributed by atoms with Gasteiger partial charge in [0, 0.05) is 18.0 Å². The average Bonchev–Trinajstić information content (AvgIpc) is 2.02. The van der Waals surface area contributed by atoms with E-state index >= 15 is 0 Å². The molecule has 0 saturated heterocycles. The van der Waals surface area contributed by atoms with Gasteiger partial charge in [0.1, 0.15) is 10.1 Å². The van der Waals surface area contributed by atoms with Crippen LogP contribution in [0.25, 0.3) is 0 Å². The number of pyridine rings is 1. The molecule has 0 aliphatic carbocycles. The first kappa shape index (κ1) is 14.0. The van der Waals surface area contributed by atoms with E-state index in [-0.39, 0.29) is 35.1 Å². The SMILES string of the molecule is Cc1ccncc1C(O)S(=O)(=O)[O-].[Na+]. The van der Waals surface area contributed by atoms with Gasteiger partial charge in [-0.05, 0) is 18.6 Å². The molecule has 0 aliphatic rings. The van der Waals surface area contributed by atoms with E-state index in [1.54, 1.807) is 6.92 Å². The van der Waals surface area contributed by atoms with Crippen molar-refractivity contribution in [1.29, 1.82) is 0 Å². The topological polar surface area (TPSA) is 90.3 Å². The quantitative estimate of drug-likeness (QED) is 0.426. The zero-order valence-corrected chi connectivity index (χ0v) is 10.7. The summed E-state index contributed by atoms with van der Waals surface area (Å²) in [6.07, 6.45) is 2.61. The Morgan fingerprint density at radius 3 is 2.57 bits per heavy atom. The molecule has 1 aromatic rings. The fourth-order valence-electron chi connectivity index (χ4n) is 0.890. The Balaban J connectivity index is 0.00000169. The Morgan fingerprint density at radius 1 is 1.57 bits per heavy atom. The predicted molar refractivity (Wildman–Crippen MR) is 43.6 cm³/mol. The smallest absolute Gasteiger partial charge is 0.746 e. The van der Waals surface area contributed by atoms with E-state index in [9.17, 15) is 13.0 Å². The standard InChI is InChI=1S/C7H9NO4S.Na/c1-5-2-3-8-4-6(5)7(9)13(10,11)12;/h2-4,7,9H,1H3,(H,10,11,12);/q;+1/p-1. The molecular weight excluding hydrogens is 217 g/mol. The van der Waals surface area contributed by atoms with Gasteiger partial charge in [0.2, 0.25) is 0 Å². The van der Waals surface area contributed by atoms with Gasteiger partial charge in [0.15, 0.2) is 5.44 Å². The molecule has 1 unspecified atom stereocenters. The molecule has 1 atom stereocenters. The third-order valence-electron chi connectivity index (χ3n) is 1.62. The van der Waals surface area contributed by atoms with Crippen molar-refractivity contribution in [2.75, 3.05) is 0 Å². The molecule has 0 bridgehead atoms. The molecule has 0 spiro atoms. The number of aliphatic hydroxyl groups excluding tert-OH is 1. The second kappa shape index (κ2) is 5.20. The summed E-state index contributed by atoms with van der Waals surface area (Å²) in [4.78, 5) is 3.62. The van der Waals surface area contributed by atoms with Gasteiger partial charge in [-0.15, -0.1) is 0 Å². The number of aryl methyl sites for hydroxylation is 1. The van der Waals surface area contributed by atoms with E-state index in [2.05, 4.69) is 4.98 Å². The second-order valence-electron chi connectivity index (χ2n) is 2.58.